The van der Waals surface area contributed by atoms with E-state index >= 15 is 0 Å². The Morgan fingerprint density at radius 3 is 2.44 bits per heavy atom. The minimum atomic E-state index is -1.71. The third kappa shape index (κ3) is 4.94. The maximum absolute atomic E-state index is 10.1. The summed E-state index contributed by atoms with van der Waals surface area (Å²) >= 11 is 3.02. The lowest BCUT2D eigenvalue weighted by Crippen LogP contribution is -2.52. The topological polar surface area (TPSA) is 46.1 Å². The molecule has 0 spiro atoms. The Balaban J connectivity index is 3.16. The predicted molar refractivity (Wildman–Crippen MR) is 38.0 cm³/mol. The Kier molecular flexibility index (Phi) is 5.54. The van der Waals surface area contributed by atoms with Gasteiger partial charge in [0.1, 0.15) is 0 Å². The van der Waals surface area contributed by atoms with Crippen molar-refractivity contribution in [3.63, 3.8) is 0 Å². The highest BCUT2D eigenvalue weighted by Gasteiger charge is 1.96. The Bertz CT molecular complexity index is 70.0. The lowest BCUT2D eigenvalue weighted by atomic mass is 9.83. The van der Waals surface area contributed by atoms with E-state index in [2.05, 4.69) is 15.9 Å². The van der Waals surface area contributed by atoms with Crippen LogP contribution in [-0.4, -0.2) is 11.8 Å². The highest BCUT2D eigenvalue weighted by molar-refractivity contribution is 9.10. The summed E-state index contributed by atoms with van der Waals surface area (Å²) in [6, 6.07) is 0. The molecule has 0 aromatic rings. The molecule has 0 radical (unpaired) electrons. The lowest BCUT2D eigenvalue weighted by molar-refractivity contribution is -0.349. The van der Waals surface area contributed by atoms with Gasteiger partial charge in [0.15, 0.2) is 0 Å². The first-order valence-electron chi connectivity index (χ1n) is 3.14. The fourth-order valence-corrected chi connectivity index (χ4v) is 0.859. The van der Waals surface area contributed by atoms with Gasteiger partial charge in [-0.05, 0) is 4.73 Å². The van der Waals surface area contributed by atoms with E-state index in [0.29, 0.717) is 6.42 Å². The fourth-order valence-electron chi connectivity index (χ4n) is 0.535. The molecule has 0 rings (SSSR count). The molecule has 2 nitrogen and oxygen atoms in total. The fraction of sp³-hybridized carbons (Fsp3) is 1.00. The second-order valence-electron chi connectivity index (χ2n) is 2.03. The van der Waals surface area contributed by atoms with Gasteiger partial charge < -0.3 is 10.0 Å². The van der Waals surface area contributed by atoms with Gasteiger partial charge in [-0.15, -0.1) is 15.9 Å². The van der Waals surface area contributed by atoms with E-state index in [9.17, 15) is 10.0 Å². The monoisotopic (exact) mass is 192 g/mol. The van der Waals surface area contributed by atoms with Crippen LogP contribution in [-0.2, 0) is 0 Å². The highest BCUT2D eigenvalue weighted by Crippen LogP contribution is 2.07. The Morgan fingerprint density at radius 2 is 2.11 bits per heavy atom. The molecule has 1 unspecified atom stereocenters. The molecule has 0 aliphatic rings. The van der Waals surface area contributed by atoms with Crippen molar-refractivity contribution in [2.75, 3.05) is 0 Å². The van der Waals surface area contributed by atoms with Crippen molar-refractivity contribution in [1.82, 2.24) is 0 Å². The van der Waals surface area contributed by atoms with Crippen molar-refractivity contribution in [3.8, 4) is 0 Å². The molecule has 0 aromatic heterocycles. The van der Waals surface area contributed by atoms with E-state index in [-0.39, 0.29) is 4.73 Å². The predicted octanol–water partition coefficient (Wildman–Crippen LogP) is -0.312. The van der Waals surface area contributed by atoms with Crippen LogP contribution in [0.5, 0.6) is 0 Å². The molecule has 0 saturated carbocycles. The maximum Gasteiger partial charge on any atom is -0.0490 e. The van der Waals surface area contributed by atoms with E-state index in [1.54, 1.807) is 0 Å². The number of alkyl halides is 1. The zero-order valence-electron chi connectivity index (χ0n) is 5.47. The molecule has 0 amide bonds. The normalized spacial score (nSPS) is 13.3. The van der Waals surface area contributed by atoms with Gasteiger partial charge in [-0.25, -0.2) is 0 Å². The van der Waals surface area contributed by atoms with Gasteiger partial charge in [-0.1, -0.05) is 33.3 Å². The van der Waals surface area contributed by atoms with Crippen LogP contribution in [0, 0.1) is 0 Å². The zero-order chi connectivity index (χ0) is 7.28. The summed E-state index contributed by atoms with van der Waals surface area (Å²) in [7, 11) is -1.71. The Labute approximate surface area is 64.5 Å². The first kappa shape index (κ1) is 9.46. The van der Waals surface area contributed by atoms with Crippen LogP contribution < -0.4 is 10.0 Å². The smallest absolute Gasteiger partial charge is 0.0490 e. The minimum absolute atomic E-state index is 0.377. The number of rotatable bonds is 4. The zero-order valence-corrected chi connectivity index (χ0v) is 7.06. The van der Waals surface area contributed by atoms with Crippen molar-refractivity contribution < 1.29 is 10.0 Å². The lowest BCUT2D eigenvalue weighted by Gasteiger charge is -2.32. The van der Waals surface area contributed by atoms with Crippen LogP contribution >= 0.6 is 15.9 Å². The van der Waals surface area contributed by atoms with Crippen LogP contribution in [0.15, 0.2) is 0 Å². The maximum atomic E-state index is 10.1. The van der Waals surface area contributed by atoms with Gasteiger partial charge in [0.05, 0.1) is 0 Å². The van der Waals surface area contributed by atoms with Crippen LogP contribution in [0.2, 0.25) is 0 Å². The molecule has 0 heterocycles. The highest BCUT2D eigenvalue weighted by atomic mass is 79.9. The van der Waals surface area contributed by atoms with Crippen LogP contribution in [0.1, 0.15) is 26.2 Å². The third-order valence-electron chi connectivity index (χ3n) is 1.13. The molecule has 0 aliphatic heterocycles. The minimum Gasteiger partial charge on any atom is -0.892 e. The number of hydrogen-bond donors (Lipinski definition) is 0. The third-order valence-corrected chi connectivity index (χ3v) is 2.02. The van der Waals surface area contributed by atoms with Crippen molar-refractivity contribution in [2.24, 2.45) is 0 Å². The average Bonchev–Trinajstić information content (AvgIpc) is 1.82. The number of unbranched alkanes of at least 4 members (excludes halogenated alkanes) is 1. The van der Waals surface area contributed by atoms with Gasteiger partial charge in [-0.3, -0.25) is 0 Å². The van der Waals surface area contributed by atoms with Gasteiger partial charge >= 0.3 is 0 Å². The summed E-state index contributed by atoms with van der Waals surface area (Å²) in [5, 5.41) is 20.3. The molecule has 0 fully saturated rings. The molecule has 54 valence electrons. The quantitative estimate of drug-likeness (QED) is 0.453. The molecule has 0 aliphatic carbocycles. The van der Waals surface area contributed by atoms with Crippen molar-refractivity contribution in [3.05, 3.63) is 0 Å². The first-order chi connectivity index (χ1) is 4.18. The summed E-state index contributed by atoms with van der Waals surface area (Å²) in [5.74, 6) is 0. The summed E-state index contributed by atoms with van der Waals surface area (Å²) in [4.78, 5) is 0. The SMILES string of the molecule is CCCCC(Br)B([O-])[O-]. The van der Waals surface area contributed by atoms with Crippen LogP contribution in [0.25, 0.3) is 0 Å². The standard InChI is InChI=1S/C5H10BBrO2/c1-2-3-4-5(7)6(8)9/h5H,2-4H2,1H3/q-2. The molecule has 0 aromatic carbocycles. The van der Waals surface area contributed by atoms with Crippen LogP contribution in [0.3, 0.4) is 0 Å². The molecular formula is C5H10BBrO2-2. The summed E-state index contributed by atoms with van der Waals surface area (Å²) in [6.07, 6.45) is 2.69. The average molecular weight is 193 g/mol. The molecule has 9 heavy (non-hydrogen) atoms. The van der Waals surface area contributed by atoms with Crippen molar-refractivity contribution in [2.45, 2.75) is 30.9 Å². The van der Waals surface area contributed by atoms with Gasteiger partial charge in [-0.2, -0.15) is 0 Å². The second kappa shape index (κ2) is 5.27. The van der Waals surface area contributed by atoms with E-state index in [4.69, 9.17) is 0 Å². The van der Waals surface area contributed by atoms with E-state index < -0.39 is 7.12 Å². The van der Waals surface area contributed by atoms with E-state index in [0.717, 1.165) is 12.8 Å². The van der Waals surface area contributed by atoms with E-state index in [1.807, 2.05) is 6.92 Å². The Morgan fingerprint density at radius 1 is 1.56 bits per heavy atom. The molecule has 0 N–H and O–H groups in total. The summed E-state index contributed by atoms with van der Waals surface area (Å²) < 4.78 is -0.377. The van der Waals surface area contributed by atoms with Crippen molar-refractivity contribution >= 4 is 23.0 Å². The molecule has 0 bridgehead atoms. The summed E-state index contributed by atoms with van der Waals surface area (Å²) in [5.41, 5.74) is 0. The van der Waals surface area contributed by atoms with Crippen LogP contribution in [0.4, 0.5) is 0 Å². The molecule has 1 atom stereocenters. The van der Waals surface area contributed by atoms with Gasteiger partial charge in [0, 0.05) is 0 Å². The Hall–Kier alpha value is 0.465. The van der Waals surface area contributed by atoms with E-state index in [1.165, 1.54) is 0 Å². The second-order valence-corrected chi connectivity index (χ2v) is 3.20. The number of halogens is 1. The van der Waals surface area contributed by atoms with Gasteiger partial charge in [0.2, 0.25) is 0 Å². The molecular weight excluding hydrogens is 183 g/mol. The van der Waals surface area contributed by atoms with Crippen molar-refractivity contribution in [1.29, 1.82) is 0 Å². The summed E-state index contributed by atoms with van der Waals surface area (Å²) in [6.45, 7) is 2.03. The first-order valence-corrected chi connectivity index (χ1v) is 4.05. The molecule has 4 heteroatoms. The number of hydrogen-bond acceptors (Lipinski definition) is 2. The largest absolute Gasteiger partial charge is 0.892 e. The molecule has 0 saturated heterocycles. The van der Waals surface area contributed by atoms with Gasteiger partial charge in [0.25, 0.3) is 0 Å².